The average molecular weight is 289 g/mol. The number of benzene rings is 1. The molecule has 2 rings (SSSR count). The highest BCUT2D eigenvalue weighted by molar-refractivity contribution is 6.30. The van der Waals surface area contributed by atoms with Gasteiger partial charge in [0.1, 0.15) is 11.6 Å². The number of rotatable bonds is 1. The molecule has 1 aliphatic rings. The SMILES string of the molecule is CC1CC(N)CCN1C(=O)c1cc(F)c(Cl)cc1F. The molecular formula is C13H15ClF2N2O. The first-order chi connectivity index (χ1) is 8.90. The van der Waals surface area contributed by atoms with Gasteiger partial charge in [0.2, 0.25) is 0 Å². The summed E-state index contributed by atoms with van der Waals surface area (Å²) in [6, 6.07) is 1.63. The topological polar surface area (TPSA) is 46.3 Å². The fraction of sp³-hybridized carbons (Fsp3) is 0.462. The first-order valence-electron chi connectivity index (χ1n) is 6.11. The van der Waals surface area contributed by atoms with E-state index in [1.807, 2.05) is 6.92 Å². The Bertz CT molecular complexity index is 510. The molecule has 1 aromatic rings. The molecule has 104 valence electrons. The van der Waals surface area contributed by atoms with Gasteiger partial charge in [-0.3, -0.25) is 4.79 Å². The number of carbonyl (C=O) groups excluding carboxylic acids is 1. The molecule has 1 aromatic carbocycles. The van der Waals surface area contributed by atoms with Crippen molar-refractivity contribution in [2.45, 2.75) is 31.8 Å². The van der Waals surface area contributed by atoms with Gasteiger partial charge in [-0.1, -0.05) is 11.6 Å². The highest BCUT2D eigenvalue weighted by Gasteiger charge is 2.29. The normalized spacial score (nSPS) is 23.5. The minimum Gasteiger partial charge on any atom is -0.336 e. The molecule has 0 saturated carbocycles. The highest BCUT2D eigenvalue weighted by Crippen LogP contribution is 2.23. The standard InChI is InChI=1S/C13H15ClF2N2O/c1-7-4-8(17)2-3-18(7)13(19)9-5-12(16)10(14)6-11(9)15/h5-8H,2-4,17H2,1H3. The molecular weight excluding hydrogens is 274 g/mol. The third kappa shape index (κ3) is 2.87. The molecule has 2 unspecified atom stereocenters. The molecule has 3 nitrogen and oxygen atoms in total. The number of piperidine rings is 1. The first-order valence-corrected chi connectivity index (χ1v) is 6.49. The molecule has 1 fully saturated rings. The number of nitrogens with zero attached hydrogens (tertiary/aromatic N) is 1. The molecule has 1 heterocycles. The maximum Gasteiger partial charge on any atom is 0.257 e. The van der Waals surface area contributed by atoms with Crippen LogP contribution in [0.1, 0.15) is 30.1 Å². The van der Waals surface area contributed by atoms with Crippen LogP contribution in [0.25, 0.3) is 0 Å². The third-order valence-electron chi connectivity index (χ3n) is 3.42. The van der Waals surface area contributed by atoms with Crippen LogP contribution in [0, 0.1) is 11.6 Å². The van der Waals surface area contributed by atoms with E-state index in [0.717, 1.165) is 12.1 Å². The molecule has 19 heavy (non-hydrogen) atoms. The molecule has 0 bridgehead atoms. The summed E-state index contributed by atoms with van der Waals surface area (Å²) in [6.45, 7) is 2.30. The maximum atomic E-state index is 13.7. The van der Waals surface area contributed by atoms with E-state index < -0.39 is 17.5 Å². The van der Waals surface area contributed by atoms with Crippen LogP contribution < -0.4 is 5.73 Å². The molecule has 1 aliphatic heterocycles. The lowest BCUT2D eigenvalue weighted by Crippen LogP contribution is -2.48. The zero-order chi connectivity index (χ0) is 14.2. The zero-order valence-electron chi connectivity index (χ0n) is 10.5. The predicted molar refractivity (Wildman–Crippen MR) is 69.1 cm³/mol. The smallest absolute Gasteiger partial charge is 0.257 e. The van der Waals surface area contributed by atoms with Crippen molar-refractivity contribution in [3.8, 4) is 0 Å². The number of nitrogens with two attached hydrogens (primary N) is 1. The number of hydrogen-bond acceptors (Lipinski definition) is 2. The van der Waals surface area contributed by atoms with E-state index in [9.17, 15) is 13.6 Å². The summed E-state index contributed by atoms with van der Waals surface area (Å²) < 4.78 is 27.1. The van der Waals surface area contributed by atoms with Gasteiger partial charge in [0.05, 0.1) is 10.6 Å². The van der Waals surface area contributed by atoms with Crippen LogP contribution in [-0.2, 0) is 0 Å². The lowest BCUT2D eigenvalue weighted by molar-refractivity contribution is 0.0613. The Balaban J connectivity index is 2.27. The number of likely N-dealkylation sites (tertiary alicyclic amines) is 1. The fourth-order valence-corrected chi connectivity index (χ4v) is 2.50. The van der Waals surface area contributed by atoms with Crippen molar-refractivity contribution in [2.75, 3.05) is 6.54 Å². The number of carbonyl (C=O) groups is 1. The molecule has 6 heteroatoms. The van der Waals surface area contributed by atoms with Crippen molar-refractivity contribution >= 4 is 17.5 Å². The minimum absolute atomic E-state index is 0.0471. The Labute approximate surface area is 115 Å². The van der Waals surface area contributed by atoms with Crippen molar-refractivity contribution in [2.24, 2.45) is 5.73 Å². The van der Waals surface area contributed by atoms with Gasteiger partial charge < -0.3 is 10.6 Å². The Hall–Kier alpha value is -1.20. The van der Waals surface area contributed by atoms with Crippen LogP contribution in [0.2, 0.25) is 5.02 Å². The third-order valence-corrected chi connectivity index (χ3v) is 3.71. The van der Waals surface area contributed by atoms with Gasteiger partial charge in [-0.15, -0.1) is 0 Å². The molecule has 0 aromatic heterocycles. The first kappa shape index (κ1) is 14.2. The van der Waals surface area contributed by atoms with Crippen LogP contribution >= 0.6 is 11.6 Å². The Morgan fingerprint density at radius 3 is 2.74 bits per heavy atom. The molecule has 1 amide bonds. The van der Waals surface area contributed by atoms with Gasteiger partial charge in [0, 0.05) is 18.6 Å². The second-order valence-electron chi connectivity index (χ2n) is 4.88. The van der Waals surface area contributed by atoms with E-state index in [2.05, 4.69) is 0 Å². The van der Waals surface area contributed by atoms with Crippen LogP contribution in [0.4, 0.5) is 8.78 Å². The molecule has 2 atom stereocenters. The van der Waals surface area contributed by atoms with Crippen LogP contribution in [-0.4, -0.2) is 29.4 Å². The van der Waals surface area contributed by atoms with E-state index in [1.165, 1.54) is 4.90 Å². The quantitative estimate of drug-likeness (QED) is 0.807. The monoisotopic (exact) mass is 288 g/mol. The lowest BCUT2D eigenvalue weighted by Gasteiger charge is -2.36. The summed E-state index contributed by atoms with van der Waals surface area (Å²) in [5.74, 6) is -2.13. The minimum atomic E-state index is -0.807. The van der Waals surface area contributed by atoms with E-state index in [4.69, 9.17) is 17.3 Å². The van der Waals surface area contributed by atoms with Gasteiger partial charge >= 0.3 is 0 Å². The van der Waals surface area contributed by atoms with Crippen molar-refractivity contribution in [1.29, 1.82) is 0 Å². The van der Waals surface area contributed by atoms with Gasteiger partial charge in [0.15, 0.2) is 0 Å². The van der Waals surface area contributed by atoms with E-state index in [0.29, 0.717) is 19.4 Å². The lowest BCUT2D eigenvalue weighted by atomic mass is 9.98. The molecule has 2 N–H and O–H groups in total. The van der Waals surface area contributed by atoms with E-state index in [1.54, 1.807) is 0 Å². The van der Waals surface area contributed by atoms with Crippen LogP contribution in [0.3, 0.4) is 0 Å². The molecule has 1 saturated heterocycles. The van der Waals surface area contributed by atoms with Gasteiger partial charge in [0.25, 0.3) is 5.91 Å². The largest absolute Gasteiger partial charge is 0.336 e. The molecule has 0 aliphatic carbocycles. The fourth-order valence-electron chi connectivity index (χ4n) is 2.35. The van der Waals surface area contributed by atoms with E-state index >= 15 is 0 Å². The average Bonchev–Trinajstić information content (AvgIpc) is 2.33. The zero-order valence-corrected chi connectivity index (χ0v) is 11.3. The van der Waals surface area contributed by atoms with Gasteiger partial charge in [-0.05, 0) is 31.9 Å². The molecule has 0 radical (unpaired) electrons. The summed E-state index contributed by atoms with van der Waals surface area (Å²) in [4.78, 5) is 13.8. The van der Waals surface area contributed by atoms with E-state index in [-0.39, 0.29) is 22.7 Å². The Morgan fingerprint density at radius 2 is 2.11 bits per heavy atom. The second kappa shape index (κ2) is 5.43. The van der Waals surface area contributed by atoms with Crippen molar-refractivity contribution in [3.63, 3.8) is 0 Å². The summed E-state index contributed by atoms with van der Waals surface area (Å²) in [7, 11) is 0. The summed E-state index contributed by atoms with van der Waals surface area (Å²) >= 11 is 5.47. The maximum absolute atomic E-state index is 13.7. The Morgan fingerprint density at radius 1 is 1.42 bits per heavy atom. The number of halogens is 3. The van der Waals surface area contributed by atoms with Crippen molar-refractivity contribution < 1.29 is 13.6 Å². The second-order valence-corrected chi connectivity index (χ2v) is 5.29. The summed E-state index contributed by atoms with van der Waals surface area (Å²) in [5, 5.41) is -0.331. The number of hydrogen-bond donors (Lipinski definition) is 1. The summed E-state index contributed by atoms with van der Waals surface area (Å²) in [6.07, 6.45) is 1.32. The van der Waals surface area contributed by atoms with Gasteiger partial charge in [-0.25, -0.2) is 8.78 Å². The van der Waals surface area contributed by atoms with Gasteiger partial charge in [-0.2, -0.15) is 0 Å². The van der Waals surface area contributed by atoms with Crippen molar-refractivity contribution in [3.05, 3.63) is 34.4 Å². The highest BCUT2D eigenvalue weighted by atomic mass is 35.5. The van der Waals surface area contributed by atoms with Crippen LogP contribution in [0.15, 0.2) is 12.1 Å². The predicted octanol–water partition coefficient (Wildman–Crippen LogP) is 2.57. The molecule has 0 spiro atoms. The van der Waals surface area contributed by atoms with Crippen molar-refractivity contribution in [1.82, 2.24) is 4.90 Å². The number of amides is 1. The Kier molecular flexibility index (Phi) is 4.06. The summed E-state index contributed by atoms with van der Waals surface area (Å²) in [5.41, 5.74) is 5.52. The van der Waals surface area contributed by atoms with Crippen LogP contribution in [0.5, 0.6) is 0 Å².